The molecule has 0 radical (unpaired) electrons. The Morgan fingerprint density at radius 3 is 2.71 bits per heavy atom. The predicted molar refractivity (Wildman–Crippen MR) is 68.3 cm³/mol. The van der Waals surface area contributed by atoms with Crippen molar-refractivity contribution in [2.45, 2.75) is 0 Å². The lowest BCUT2D eigenvalue weighted by molar-refractivity contribution is 0.826. The maximum Gasteiger partial charge on any atom is 0.113 e. The van der Waals surface area contributed by atoms with Crippen LogP contribution in [0.3, 0.4) is 0 Å². The molecule has 0 bridgehead atoms. The minimum absolute atomic E-state index is 0.556. The van der Waals surface area contributed by atoms with Crippen LogP contribution in [0.25, 0.3) is 16.7 Å². The van der Waals surface area contributed by atoms with E-state index in [9.17, 15) is 0 Å². The molecule has 0 spiro atoms. The van der Waals surface area contributed by atoms with Crippen LogP contribution >= 0.6 is 11.6 Å². The molecule has 1 aromatic heterocycles. The smallest absolute Gasteiger partial charge is 0.113 e. The van der Waals surface area contributed by atoms with E-state index in [1.54, 1.807) is 22.9 Å². The van der Waals surface area contributed by atoms with E-state index in [-0.39, 0.29) is 0 Å². The number of nitrogens with zero attached hydrogens (tertiary/aromatic N) is 3. The molecule has 84 valence electrons. The van der Waals surface area contributed by atoms with E-state index in [4.69, 9.17) is 17.3 Å². The van der Waals surface area contributed by atoms with Gasteiger partial charge in [-0.2, -0.15) is 0 Å². The Morgan fingerprint density at radius 2 is 1.88 bits per heavy atom. The molecule has 3 rings (SSSR count). The zero-order chi connectivity index (χ0) is 11.8. The quantitative estimate of drug-likeness (QED) is 0.670. The molecule has 0 fully saturated rings. The monoisotopic (exact) mass is 244 g/mol. The third-order valence-electron chi connectivity index (χ3n) is 2.58. The number of hydrogen-bond acceptors (Lipinski definition) is 3. The normalized spacial score (nSPS) is 10.9. The van der Waals surface area contributed by atoms with E-state index in [0.29, 0.717) is 16.4 Å². The van der Waals surface area contributed by atoms with Gasteiger partial charge in [0.25, 0.3) is 0 Å². The van der Waals surface area contributed by atoms with Crippen molar-refractivity contribution < 1.29 is 0 Å². The lowest BCUT2D eigenvalue weighted by Crippen LogP contribution is -2.02. The van der Waals surface area contributed by atoms with Crippen LogP contribution in [0.15, 0.2) is 42.5 Å². The Labute approximate surface area is 103 Å². The topological polar surface area (TPSA) is 56.7 Å². The summed E-state index contributed by atoms with van der Waals surface area (Å²) in [6, 6.07) is 13.0. The highest BCUT2D eigenvalue weighted by atomic mass is 35.5. The Balaban J connectivity index is 2.35. The molecule has 0 aliphatic carbocycles. The van der Waals surface area contributed by atoms with E-state index < -0.39 is 0 Å². The standard InChI is InChI=1S/C12H9ClN4/c13-8-4-3-5-9(14)12(8)17-11-7-2-1-6-10(11)15-16-17/h1-7H,14H2. The summed E-state index contributed by atoms with van der Waals surface area (Å²) in [5, 5.41) is 8.72. The number of rotatable bonds is 1. The van der Waals surface area contributed by atoms with Crippen LogP contribution in [0.1, 0.15) is 0 Å². The maximum absolute atomic E-state index is 6.15. The zero-order valence-corrected chi connectivity index (χ0v) is 9.59. The van der Waals surface area contributed by atoms with Gasteiger partial charge >= 0.3 is 0 Å². The third kappa shape index (κ3) is 1.54. The second-order valence-electron chi connectivity index (χ2n) is 3.67. The van der Waals surface area contributed by atoms with E-state index in [0.717, 1.165) is 11.0 Å². The molecule has 0 aliphatic heterocycles. The number of aromatic nitrogens is 3. The van der Waals surface area contributed by atoms with E-state index in [1.807, 2.05) is 24.3 Å². The van der Waals surface area contributed by atoms with Crippen molar-refractivity contribution >= 4 is 28.3 Å². The molecular weight excluding hydrogens is 236 g/mol. The Morgan fingerprint density at radius 1 is 1.06 bits per heavy atom. The van der Waals surface area contributed by atoms with Crippen LogP contribution in [-0.4, -0.2) is 15.0 Å². The number of halogens is 1. The van der Waals surface area contributed by atoms with Gasteiger partial charge in [0.2, 0.25) is 0 Å². The van der Waals surface area contributed by atoms with Crippen LogP contribution in [0, 0.1) is 0 Å². The first-order valence-electron chi connectivity index (χ1n) is 5.12. The summed E-state index contributed by atoms with van der Waals surface area (Å²) in [5.41, 5.74) is 8.87. The van der Waals surface area contributed by atoms with Crippen molar-refractivity contribution in [2.24, 2.45) is 0 Å². The molecular formula is C12H9ClN4. The average Bonchev–Trinajstić information content (AvgIpc) is 2.73. The largest absolute Gasteiger partial charge is 0.397 e. The van der Waals surface area contributed by atoms with Crippen LogP contribution in [0.2, 0.25) is 5.02 Å². The molecule has 4 nitrogen and oxygen atoms in total. The number of nitrogens with two attached hydrogens (primary N) is 1. The first-order chi connectivity index (χ1) is 8.27. The number of anilines is 1. The van der Waals surface area contributed by atoms with E-state index in [1.165, 1.54) is 0 Å². The van der Waals surface area contributed by atoms with Gasteiger partial charge in [-0.15, -0.1) is 5.10 Å². The summed E-state index contributed by atoms with van der Waals surface area (Å²) in [6.45, 7) is 0. The van der Waals surface area contributed by atoms with Crippen molar-refractivity contribution in [1.29, 1.82) is 0 Å². The minimum Gasteiger partial charge on any atom is -0.397 e. The van der Waals surface area contributed by atoms with Gasteiger partial charge in [-0.3, -0.25) is 0 Å². The summed E-state index contributed by atoms with van der Waals surface area (Å²) in [5.74, 6) is 0. The SMILES string of the molecule is Nc1cccc(Cl)c1-n1nnc2ccccc21. The van der Waals surface area contributed by atoms with E-state index >= 15 is 0 Å². The second kappa shape index (κ2) is 3.75. The molecule has 1 heterocycles. The van der Waals surface area contributed by atoms with Crippen LogP contribution < -0.4 is 5.73 Å². The van der Waals surface area contributed by atoms with Crippen molar-refractivity contribution in [3.05, 3.63) is 47.5 Å². The molecule has 5 heteroatoms. The first kappa shape index (κ1) is 10.1. The third-order valence-corrected chi connectivity index (χ3v) is 2.89. The Hall–Kier alpha value is -2.07. The molecule has 3 aromatic rings. The van der Waals surface area contributed by atoms with Gasteiger partial charge in [-0.05, 0) is 24.3 Å². The highest BCUT2D eigenvalue weighted by molar-refractivity contribution is 6.33. The highest BCUT2D eigenvalue weighted by Gasteiger charge is 2.11. The minimum atomic E-state index is 0.556. The summed E-state index contributed by atoms with van der Waals surface area (Å²) in [6.07, 6.45) is 0. The Kier molecular flexibility index (Phi) is 2.23. The summed E-state index contributed by atoms with van der Waals surface area (Å²) in [4.78, 5) is 0. The molecule has 0 atom stereocenters. The van der Waals surface area contributed by atoms with Crippen LogP contribution in [0.5, 0.6) is 0 Å². The van der Waals surface area contributed by atoms with Gasteiger partial charge in [0.05, 0.1) is 16.2 Å². The summed E-state index contributed by atoms with van der Waals surface area (Å²) >= 11 is 6.15. The summed E-state index contributed by atoms with van der Waals surface area (Å²) in [7, 11) is 0. The van der Waals surface area contributed by atoms with Gasteiger partial charge in [-0.25, -0.2) is 4.68 Å². The highest BCUT2D eigenvalue weighted by Crippen LogP contribution is 2.28. The molecule has 0 unspecified atom stereocenters. The van der Waals surface area contributed by atoms with Gasteiger partial charge in [0, 0.05) is 0 Å². The number of nitrogen functional groups attached to an aromatic ring is 1. The zero-order valence-electron chi connectivity index (χ0n) is 8.84. The van der Waals surface area contributed by atoms with Crippen molar-refractivity contribution in [2.75, 3.05) is 5.73 Å². The van der Waals surface area contributed by atoms with Gasteiger partial charge < -0.3 is 5.73 Å². The fourth-order valence-electron chi connectivity index (χ4n) is 1.79. The Bertz CT molecular complexity index is 670. The van der Waals surface area contributed by atoms with Gasteiger partial charge in [-0.1, -0.05) is 35.0 Å². The molecule has 0 aliphatic rings. The molecule has 0 saturated heterocycles. The molecule has 0 amide bonds. The fraction of sp³-hybridized carbons (Fsp3) is 0. The first-order valence-corrected chi connectivity index (χ1v) is 5.50. The van der Waals surface area contributed by atoms with Crippen LogP contribution in [0.4, 0.5) is 5.69 Å². The number of benzene rings is 2. The summed E-state index contributed by atoms with van der Waals surface area (Å²) < 4.78 is 1.66. The number of para-hydroxylation sites is 2. The number of hydrogen-bond donors (Lipinski definition) is 1. The molecule has 2 N–H and O–H groups in total. The molecule has 2 aromatic carbocycles. The van der Waals surface area contributed by atoms with E-state index in [2.05, 4.69) is 10.3 Å². The maximum atomic E-state index is 6.15. The molecule has 17 heavy (non-hydrogen) atoms. The van der Waals surface area contributed by atoms with Crippen molar-refractivity contribution in [1.82, 2.24) is 15.0 Å². The van der Waals surface area contributed by atoms with Crippen molar-refractivity contribution in [3.63, 3.8) is 0 Å². The average molecular weight is 245 g/mol. The predicted octanol–water partition coefficient (Wildman–Crippen LogP) is 2.66. The lowest BCUT2D eigenvalue weighted by atomic mass is 10.2. The van der Waals surface area contributed by atoms with Crippen LogP contribution in [-0.2, 0) is 0 Å². The molecule has 0 saturated carbocycles. The van der Waals surface area contributed by atoms with Gasteiger partial charge in [0.15, 0.2) is 0 Å². The van der Waals surface area contributed by atoms with Crippen molar-refractivity contribution in [3.8, 4) is 5.69 Å². The fourth-order valence-corrected chi connectivity index (χ4v) is 2.05. The lowest BCUT2D eigenvalue weighted by Gasteiger charge is -2.07. The van der Waals surface area contributed by atoms with Gasteiger partial charge in [0.1, 0.15) is 11.2 Å². The number of fused-ring (bicyclic) bond motifs is 1. The second-order valence-corrected chi connectivity index (χ2v) is 4.07.